The number of nitrogens with one attached hydrogen (secondary N) is 1. The van der Waals surface area contributed by atoms with Gasteiger partial charge in [0.05, 0.1) is 6.61 Å². The summed E-state index contributed by atoms with van der Waals surface area (Å²) in [5, 5.41) is 12.2. The van der Waals surface area contributed by atoms with Crippen LogP contribution in [0.15, 0.2) is 42.5 Å². The van der Waals surface area contributed by atoms with E-state index < -0.39 is 12.0 Å². The maximum atomic E-state index is 13.0. The number of carboxylic acids is 1. The van der Waals surface area contributed by atoms with Gasteiger partial charge < -0.3 is 15.2 Å². The fourth-order valence-electron chi connectivity index (χ4n) is 3.49. The SMILES string of the molecule is O=C(O)C(NC(=O)C1CC1c1ccc(F)cc1)c1ccc2c(c1)CCO2. The zero-order valence-corrected chi connectivity index (χ0v) is 13.9. The summed E-state index contributed by atoms with van der Waals surface area (Å²) in [6, 6.07) is 10.2. The summed E-state index contributed by atoms with van der Waals surface area (Å²) >= 11 is 0. The smallest absolute Gasteiger partial charge is 0.330 e. The van der Waals surface area contributed by atoms with Gasteiger partial charge in [-0.15, -0.1) is 0 Å². The molecular weight excluding hydrogens is 337 g/mol. The number of benzene rings is 2. The Labute approximate surface area is 149 Å². The predicted molar refractivity (Wildman–Crippen MR) is 91.4 cm³/mol. The quantitative estimate of drug-likeness (QED) is 0.865. The number of hydrogen-bond donors (Lipinski definition) is 2. The topological polar surface area (TPSA) is 75.6 Å². The van der Waals surface area contributed by atoms with Gasteiger partial charge in [0.1, 0.15) is 11.6 Å². The van der Waals surface area contributed by atoms with Crippen LogP contribution in [0, 0.1) is 11.7 Å². The lowest BCUT2D eigenvalue weighted by Crippen LogP contribution is -2.35. The van der Waals surface area contributed by atoms with E-state index in [0.29, 0.717) is 18.6 Å². The number of rotatable bonds is 5. The van der Waals surface area contributed by atoms with Crippen LogP contribution in [-0.2, 0) is 16.0 Å². The molecule has 134 valence electrons. The Hall–Kier alpha value is -2.89. The number of hydrogen-bond acceptors (Lipinski definition) is 3. The molecule has 3 unspecified atom stereocenters. The monoisotopic (exact) mass is 355 g/mol. The fraction of sp³-hybridized carbons (Fsp3) is 0.300. The average Bonchev–Trinajstić information content (AvgIpc) is 3.29. The molecule has 2 aromatic carbocycles. The maximum Gasteiger partial charge on any atom is 0.330 e. The molecule has 2 N–H and O–H groups in total. The first-order valence-corrected chi connectivity index (χ1v) is 8.57. The number of carbonyl (C=O) groups excluding carboxylic acids is 1. The number of ether oxygens (including phenoxy) is 1. The van der Waals surface area contributed by atoms with Crippen molar-refractivity contribution in [3.8, 4) is 5.75 Å². The van der Waals surface area contributed by atoms with Crippen LogP contribution >= 0.6 is 0 Å². The predicted octanol–water partition coefficient (Wildman–Crippen LogP) is 2.81. The van der Waals surface area contributed by atoms with Crippen LogP contribution in [0.4, 0.5) is 4.39 Å². The zero-order chi connectivity index (χ0) is 18.3. The highest BCUT2D eigenvalue weighted by molar-refractivity contribution is 5.88. The molecule has 2 aliphatic rings. The average molecular weight is 355 g/mol. The summed E-state index contributed by atoms with van der Waals surface area (Å²) in [4.78, 5) is 24.2. The lowest BCUT2D eigenvalue weighted by atomic mass is 10.0. The lowest BCUT2D eigenvalue weighted by molar-refractivity contribution is -0.142. The molecule has 26 heavy (non-hydrogen) atoms. The Morgan fingerprint density at radius 1 is 1.19 bits per heavy atom. The van der Waals surface area contributed by atoms with E-state index in [0.717, 1.165) is 23.3 Å². The Morgan fingerprint density at radius 2 is 1.96 bits per heavy atom. The molecular formula is C20H18FNO4. The number of fused-ring (bicyclic) bond motifs is 1. The number of aliphatic carboxylic acids is 1. The van der Waals surface area contributed by atoms with E-state index in [-0.39, 0.29) is 23.6 Å². The van der Waals surface area contributed by atoms with E-state index in [9.17, 15) is 19.1 Å². The summed E-state index contributed by atoms with van der Waals surface area (Å²) in [7, 11) is 0. The van der Waals surface area contributed by atoms with Crippen LogP contribution in [0.3, 0.4) is 0 Å². The van der Waals surface area contributed by atoms with Crippen molar-refractivity contribution in [3.05, 3.63) is 65.0 Å². The third kappa shape index (κ3) is 3.14. The van der Waals surface area contributed by atoms with Crippen LogP contribution in [0.2, 0.25) is 0 Å². The second-order valence-electron chi connectivity index (χ2n) is 6.75. The van der Waals surface area contributed by atoms with E-state index in [2.05, 4.69) is 5.32 Å². The minimum atomic E-state index is -1.10. The molecule has 1 fully saturated rings. The zero-order valence-electron chi connectivity index (χ0n) is 13.9. The third-order valence-electron chi connectivity index (χ3n) is 5.01. The van der Waals surface area contributed by atoms with Crippen LogP contribution in [0.1, 0.15) is 35.1 Å². The first kappa shape index (κ1) is 16.6. The van der Waals surface area contributed by atoms with Crippen molar-refractivity contribution >= 4 is 11.9 Å². The molecule has 1 saturated carbocycles. The lowest BCUT2D eigenvalue weighted by Gasteiger charge is -2.16. The van der Waals surface area contributed by atoms with Gasteiger partial charge in [-0.1, -0.05) is 18.2 Å². The molecule has 1 heterocycles. The highest BCUT2D eigenvalue weighted by Gasteiger charge is 2.45. The van der Waals surface area contributed by atoms with Gasteiger partial charge in [0, 0.05) is 12.3 Å². The van der Waals surface area contributed by atoms with Gasteiger partial charge in [-0.2, -0.15) is 0 Å². The minimum Gasteiger partial charge on any atom is -0.493 e. The molecule has 5 nitrogen and oxygen atoms in total. The van der Waals surface area contributed by atoms with Crippen molar-refractivity contribution in [3.63, 3.8) is 0 Å². The van der Waals surface area contributed by atoms with E-state index in [1.807, 2.05) is 0 Å². The van der Waals surface area contributed by atoms with Gasteiger partial charge in [0.25, 0.3) is 0 Å². The minimum absolute atomic E-state index is 0.0125. The molecule has 0 bridgehead atoms. The Kier molecular flexibility index (Phi) is 4.11. The number of amides is 1. The molecule has 1 amide bonds. The van der Waals surface area contributed by atoms with Crippen LogP contribution in [0.5, 0.6) is 5.75 Å². The van der Waals surface area contributed by atoms with Gasteiger partial charge >= 0.3 is 5.97 Å². The largest absolute Gasteiger partial charge is 0.493 e. The Bertz CT molecular complexity index is 865. The third-order valence-corrected chi connectivity index (χ3v) is 5.01. The highest BCUT2D eigenvalue weighted by Crippen LogP contribution is 2.47. The molecule has 1 aliphatic heterocycles. The molecule has 6 heteroatoms. The van der Waals surface area contributed by atoms with Crippen LogP contribution in [-0.4, -0.2) is 23.6 Å². The maximum absolute atomic E-state index is 13.0. The summed E-state index contributed by atoms with van der Waals surface area (Å²) in [5.41, 5.74) is 2.39. The number of carbonyl (C=O) groups is 2. The first-order chi connectivity index (χ1) is 12.5. The van der Waals surface area contributed by atoms with Gasteiger partial charge in [0.15, 0.2) is 6.04 Å². The van der Waals surface area contributed by atoms with E-state index in [1.54, 1.807) is 30.3 Å². The summed E-state index contributed by atoms with van der Waals surface area (Å²) in [5.74, 6) is -1.21. The molecule has 0 spiro atoms. The van der Waals surface area contributed by atoms with Gasteiger partial charge in [0.2, 0.25) is 5.91 Å². The van der Waals surface area contributed by atoms with Crippen molar-refractivity contribution in [1.29, 1.82) is 0 Å². The van der Waals surface area contributed by atoms with Crippen LogP contribution < -0.4 is 10.1 Å². The van der Waals surface area contributed by atoms with E-state index in [4.69, 9.17) is 4.74 Å². The van der Waals surface area contributed by atoms with Crippen molar-refractivity contribution in [2.45, 2.75) is 24.8 Å². The molecule has 2 aromatic rings. The second kappa shape index (κ2) is 6.44. The summed E-state index contributed by atoms with van der Waals surface area (Å²) in [6.07, 6.45) is 1.38. The van der Waals surface area contributed by atoms with Crippen molar-refractivity contribution in [2.75, 3.05) is 6.61 Å². The van der Waals surface area contributed by atoms with Gasteiger partial charge in [-0.25, -0.2) is 9.18 Å². The molecule has 0 saturated heterocycles. The van der Waals surface area contributed by atoms with E-state index in [1.165, 1.54) is 12.1 Å². The second-order valence-corrected chi connectivity index (χ2v) is 6.75. The van der Waals surface area contributed by atoms with Gasteiger partial charge in [-0.05, 0) is 53.3 Å². The van der Waals surface area contributed by atoms with Crippen molar-refractivity contribution in [1.82, 2.24) is 5.32 Å². The van der Waals surface area contributed by atoms with Crippen molar-refractivity contribution < 1.29 is 23.8 Å². The number of halogens is 1. The molecule has 3 atom stereocenters. The summed E-state index contributed by atoms with van der Waals surface area (Å²) < 4.78 is 18.4. The van der Waals surface area contributed by atoms with E-state index >= 15 is 0 Å². The molecule has 1 aliphatic carbocycles. The fourth-order valence-corrected chi connectivity index (χ4v) is 3.49. The Morgan fingerprint density at radius 3 is 2.69 bits per heavy atom. The summed E-state index contributed by atoms with van der Waals surface area (Å²) in [6.45, 7) is 0.588. The first-order valence-electron chi connectivity index (χ1n) is 8.57. The van der Waals surface area contributed by atoms with Gasteiger partial charge in [-0.3, -0.25) is 4.79 Å². The standard InChI is InChI=1S/C20H18FNO4/c21-14-4-1-11(2-5-14)15-10-16(15)19(23)22-18(20(24)25)13-3-6-17-12(9-13)7-8-26-17/h1-6,9,15-16,18H,7-8,10H2,(H,22,23)(H,24,25). The van der Waals surface area contributed by atoms with Crippen molar-refractivity contribution in [2.24, 2.45) is 5.92 Å². The molecule has 4 rings (SSSR count). The highest BCUT2D eigenvalue weighted by atomic mass is 19.1. The van der Waals surface area contributed by atoms with Crippen LogP contribution in [0.25, 0.3) is 0 Å². The number of carboxylic acid groups (broad SMARTS) is 1. The Balaban J connectivity index is 1.46. The molecule has 0 radical (unpaired) electrons. The normalized spacial score (nSPS) is 21.4. The molecule has 0 aromatic heterocycles.